The van der Waals surface area contributed by atoms with Crippen LogP contribution in [0, 0.1) is 0 Å². The van der Waals surface area contributed by atoms with Gasteiger partial charge in [-0.3, -0.25) is 0 Å². The molecule has 1 saturated carbocycles. The zero-order valence-corrected chi connectivity index (χ0v) is 16.3. The number of halogens is 1. The molecule has 0 unspecified atom stereocenters. The van der Waals surface area contributed by atoms with Gasteiger partial charge in [0.25, 0.3) is 0 Å². The average molecular weight is 389 g/mol. The Balaban J connectivity index is 1.45. The molecule has 0 spiro atoms. The topological polar surface area (TPSA) is 82.2 Å². The molecular formula is C19H25ClN6O. The number of carbonyl (C=O) groups is 1. The van der Waals surface area contributed by atoms with Gasteiger partial charge >= 0.3 is 6.03 Å². The zero-order valence-electron chi connectivity index (χ0n) is 15.6. The van der Waals surface area contributed by atoms with Crippen LogP contribution in [0.15, 0.2) is 36.5 Å². The second kappa shape index (κ2) is 8.90. The minimum atomic E-state index is -0.221. The van der Waals surface area contributed by atoms with E-state index in [1.165, 1.54) is 0 Å². The molecule has 1 aliphatic carbocycles. The Bertz CT molecular complexity index is 776. The maximum atomic E-state index is 12.2. The standard InChI is InChI=1S/C19H25ClN6O/c1-26(2)17-11-12-21-18(25-17)22-13-7-9-14(10-8-13)23-19(27)24-16-6-4-3-5-15(16)20/h3-6,11-14H,7-10H2,1-2H3,(H,21,22,25)(H2,23,24,27). The van der Waals surface area contributed by atoms with Crippen LogP contribution >= 0.6 is 11.6 Å². The van der Waals surface area contributed by atoms with Gasteiger partial charge in [0.05, 0.1) is 10.7 Å². The average Bonchev–Trinajstić information content (AvgIpc) is 2.65. The molecule has 1 fully saturated rings. The Morgan fingerprint density at radius 2 is 1.81 bits per heavy atom. The molecule has 1 aromatic heterocycles. The summed E-state index contributed by atoms with van der Waals surface area (Å²) in [7, 11) is 3.91. The summed E-state index contributed by atoms with van der Waals surface area (Å²) in [4.78, 5) is 22.9. The number of para-hydroxylation sites is 1. The molecular weight excluding hydrogens is 364 g/mol. The number of anilines is 3. The Morgan fingerprint density at radius 3 is 2.52 bits per heavy atom. The van der Waals surface area contributed by atoms with Crippen LogP contribution in [0.5, 0.6) is 0 Å². The minimum Gasteiger partial charge on any atom is -0.363 e. The molecule has 0 atom stereocenters. The van der Waals surface area contributed by atoms with E-state index >= 15 is 0 Å². The fraction of sp³-hybridized carbons (Fsp3) is 0.421. The largest absolute Gasteiger partial charge is 0.363 e. The van der Waals surface area contributed by atoms with E-state index in [1.54, 1.807) is 18.3 Å². The van der Waals surface area contributed by atoms with E-state index in [2.05, 4.69) is 25.9 Å². The molecule has 144 valence electrons. The Hall–Kier alpha value is -2.54. The van der Waals surface area contributed by atoms with Crippen LogP contribution in [-0.4, -0.2) is 42.2 Å². The van der Waals surface area contributed by atoms with Crippen LogP contribution in [0.2, 0.25) is 5.02 Å². The van der Waals surface area contributed by atoms with Gasteiger partial charge in [-0.1, -0.05) is 23.7 Å². The highest BCUT2D eigenvalue weighted by Gasteiger charge is 2.23. The SMILES string of the molecule is CN(C)c1ccnc(NC2CCC(NC(=O)Nc3ccccc3Cl)CC2)n1. The third kappa shape index (κ3) is 5.47. The van der Waals surface area contributed by atoms with Crippen LogP contribution in [0.25, 0.3) is 0 Å². The van der Waals surface area contributed by atoms with Gasteiger partial charge in [0, 0.05) is 32.4 Å². The summed E-state index contributed by atoms with van der Waals surface area (Å²) in [5.41, 5.74) is 0.616. The van der Waals surface area contributed by atoms with Gasteiger partial charge in [-0.05, 0) is 43.9 Å². The van der Waals surface area contributed by atoms with Crippen molar-refractivity contribution in [3.8, 4) is 0 Å². The lowest BCUT2D eigenvalue weighted by Gasteiger charge is -2.29. The second-order valence-corrected chi connectivity index (χ2v) is 7.31. The van der Waals surface area contributed by atoms with E-state index in [-0.39, 0.29) is 12.1 Å². The summed E-state index contributed by atoms with van der Waals surface area (Å²) in [5, 5.41) is 9.76. The molecule has 0 radical (unpaired) electrons. The number of nitrogens with one attached hydrogen (secondary N) is 3. The summed E-state index contributed by atoms with van der Waals surface area (Å²) >= 11 is 6.07. The summed E-state index contributed by atoms with van der Waals surface area (Å²) in [6.45, 7) is 0. The molecule has 2 amide bonds. The van der Waals surface area contributed by atoms with E-state index in [0.717, 1.165) is 31.5 Å². The first-order chi connectivity index (χ1) is 13.0. The number of nitrogens with zero attached hydrogens (tertiary/aromatic N) is 3. The van der Waals surface area contributed by atoms with Crippen molar-refractivity contribution < 1.29 is 4.79 Å². The fourth-order valence-corrected chi connectivity index (χ4v) is 3.32. The third-order valence-corrected chi connectivity index (χ3v) is 4.95. The lowest BCUT2D eigenvalue weighted by atomic mass is 9.91. The summed E-state index contributed by atoms with van der Waals surface area (Å²) in [5.74, 6) is 1.52. The first kappa shape index (κ1) is 19.2. The Labute approximate surface area is 164 Å². The molecule has 3 rings (SSSR count). The van der Waals surface area contributed by atoms with Crippen LogP contribution in [0.3, 0.4) is 0 Å². The highest BCUT2D eigenvalue weighted by atomic mass is 35.5. The summed E-state index contributed by atoms with van der Waals surface area (Å²) in [6, 6.07) is 9.33. The van der Waals surface area contributed by atoms with Gasteiger partial charge in [-0.25, -0.2) is 9.78 Å². The summed E-state index contributed by atoms with van der Waals surface area (Å²) in [6.07, 6.45) is 5.47. The zero-order chi connectivity index (χ0) is 19.2. The van der Waals surface area contributed by atoms with Crippen molar-refractivity contribution >= 4 is 35.1 Å². The van der Waals surface area contributed by atoms with Crippen molar-refractivity contribution in [1.29, 1.82) is 0 Å². The number of urea groups is 1. The fourth-order valence-electron chi connectivity index (χ4n) is 3.14. The molecule has 7 nitrogen and oxygen atoms in total. The Morgan fingerprint density at radius 1 is 1.11 bits per heavy atom. The van der Waals surface area contributed by atoms with Gasteiger partial charge in [-0.2, -0.15) is 4.98 Å². The van der Waals surface area contributed by atoms with Crippen LogP contribution in [0.1, 0.15) is 25.7 Å². The molecule has 0 bridgehead atoms. The minimum absolute atomic E-state index is 0.152. The highest BCUT2D eigenvalue weighted by molar-refractivity contribution is 6.33. The van der Waals surface area contributed by atoms with Crippen molar-refractivity contribution in [2.24, 2.45) is 0 Å². The lowest BCUT2D eigenvalue weighted by molar-refractivity contribution is 0.243. The van der Waals surface area contributed by atoms with Crippen molar-refractivity contribution in [3.05, 3.63) is 41.6 Å². The lowest BCUT2D eigenvalue weighted by Crippen LogP contribution is -2.42. The third-order valence-electron chi connectivity index (χ3n) is 4.62. The number of hydrogen-bond donors (Lipinski definition) is 3. The van der Waals surface area contributed by atoms with Gasteiger partial charge in [0.15, 0.2) is 0 Å². The first-order valence-electron chi connectivity index (χ1n) is 9.10. The quantitative estimate of drug-likeness (QED) is 0.726. The number of carbonyl (C=O) groups excluding carboxylic acids is 1. The molecule has 2 aromatic rings. The smallest absolute Gasteiger partial charge is 0.319 e. The number of hydrogen-bond acceptors (Lipinski definition) is 5. The van der Waals surface area contributed by atoms with E-state index in [4.69, 9.17) is 11.6 Å². The molecule has 0 saturated heterocycles. The number of aromatic nitrogens is 2. The maximum absolute atomic E-state index is 12.2. The molecule has 1 aromatic carbocycles. The molecule has 1 heterocycles. The van der Waals surface area contributed by atoms with Crippen LogP contribution in [-0.2, 0) is 0 Å². The van der Waals surface area contributed by atoms with Gasteiger partial charge in [-0.15, -0.1) is 0 Å². The highest BCUT2D eigenvalue weighted by Crippen LogP contribution is 2.23. The summed E-state index contributed by atoms with van der Waals surface area (Å²) < 4.78 is 0. The first-order valence-corrected chi connectivity index (χ1v) is 9.48. The molecule has 1 aliphatic rings. The van der Waals surface area contributed by atoms with Crippen LogP contribution in [0.4, 0.5) is 22.2 Å². The molecule has 0 aliphatic heterocycles. The molecule has 27 heavy (non-hydrogen) atoms. The van der Waals surface area contributed by atoms with E-state index in [0.29, 0.717) is 22.7 Å². The number of amides is 2. The normalized spacial score (nSPS) is 19.2. The van der Waals surface area contributed by atoms with E-state index in [1.807, 2.05) is 37.2 Å². The number of benzene rings is 1. The monoisotopic (exact) mass is 388 g/mol. The second-order valence-electron chi connectivity index (χ2n) is 6.90. The van der Waals surface area contributed by atoms with Crippen molar-refractivity contribution in [2.45, 2.75) is 37.8 Å². The number of rotatable bonds is 5. The van der Waals surface area contributed by atoms with Crippen LogP contribution < -0.4 is 20.9 Å². The van der Waals surface area contributed by atoms with Gasteiger partial charge in [0.1, 0.15) is 5.82 Å². The van der Waals surface area contributed by atoms with E-state index in [9.17, 15) is 4.79 Å². The molecule has 3 N–H and O–H groups in total. The Kier molecular flexibility index (Phi) is 6.34. The van der Waals surface area contributed by atoms with Gasteiger partial charge in [0.2, 0.25) is 5.95 Å². The maximum Gasteiger partial charge on any atom is 0.319 e. The van der Waals surface area contributed by atoms with Crippen molar-refractivity contribution in [2.75, 3.05) is 29.6 Å². The van der Waals surface area contributed by atoms with Crippen molar-refractivity contribution in [1.82, 2.24) is 15.3 Å². The predicted molar refractivity (Wildman–Crippen MR) is 110 cm³/mol. The van der Waals surface area contributed by atoms with Crippen molar-refractivity contribution in [3.63, 3.8) is 0 Å². The molecule has 8 heteroatoms. The predicted octanol–water partition coefficient (Wildman–Crippen LogP) is 3.74. The van der Waals surface area contributed by atoms with Gasteiger partial charge < -0.3 is 20.9 Å². The van der Waals surface area contributed by atoms with E-state index < -0.39 is 0 Å².